The number of hydrogen-bond acceptors (Lipinski definition) is 3. The van der Waals surface area contributed by atoms with Crippen molar-refractivity contribution < 1.29 is 0 Å². The summed E-state index contributed by atoms with van der Waals surface area (Å²) in [7, 11) is 0. The van der Waals surface area contributed by atoms with Gasteiger partial charge in [0, 0.05) is 29.9 Å². The van der Waals surface area contributed by atoms with Crippen molar-refractivity contribution in [1.29, 1.82) is 0 Å². The van der Waals surface area contributed by atoms with Gasteiger partial charge in [-0.2, -0.15) is 0 Å². The van der Waals surface area contributed by atoms with Gasteiger partial charge in [0.15, 0.2) is 0 Å². The van der Waals surface area contributed by atoms with Crippen LogP contribution in [0.15, 0.2) is 29.6 Å². The van der Waals surface area contributed by atoms with Gasteiger partial charge in [0.1, 0.15) is 0 Å². The molecule has 2 aromatic rings. The molecule has 3 heteroatoms. The van der Waals surface area contributed by atoms with Crippen molar-refractivity contribution in [1.82, 2.24) is 10.2 Å². The van der Waals surface area contributed by atoms with E-state index in [4.69, 9.17) is 0 Å². The van der Waals surface area contributed by atoms with Crippen molar-refractivity contribution in [2.24, 2.45) is 0 Å². The zero-order valence-electron chi connectivity index (χ0n) is 12.4. The zero-order chi connectivity index (χ0) is 13.9. The first-order valence-electron chi connectivity index (χ1n) is 7.70. The highest BCUT2D eigenvalue weighted by molar-refractivity contribution is 7.17. The van der Waals surface area contributed by atoms with Crippen LogP contribution in [0.25, 0.3) is 10.1 Å². The number of benzene rings is 1. The summed E-state index contributed by atoms with van der Waals surface area (Å²) >= 11 is 1.87. The predicted molar refractivity (Wildman–Crippen MR) is 88.4 cm³/mol. The van der Waals surface area contributed by atoms with Crippen LogP contribution in [0.1, 0.15) is 32.3 Å². The van der Waals surface area contributed by atoms with Gasteiger partial charge in [0.25, 0.3) is 0 Å². The van der Waals surface area contributed by atoms with E-state index >= 15 is 0 Å². The van der Waals surface area contributed by atoms with Crippen LogP contribution < -0.4 is 5.32 Å². The van der Waals surface area contributed by atoms with E-state index in [1.165, 1.54) is 35.0 Å². The molecular weight excluding hydrogens is 264 g/mol. The van der Waals surface area contributed by atoms with Crippen LogP contribution in [0.4, 0.5) is 0 Å². The Balaban J connectivity index is 1.81. The lowest BCUT2D eigenvalue weighted by molar-refractivity contribution is 0.195. The number of hydrogen-bond donors (Lipinski definition) is 1. The molecule has 1 aliphatic rings. The second-order valence-corrected chi connectivity index (χ2v) is 6.79. The van der Waals surface area contributed by atoms with E-state index in [1.54, 1.807) is 0 Å². The van der Waals surface area contributed by atoms with Crippen LogP contribution in [0.5, 0.6) is 0 Å². The number of rotatable bonds is 3. The van der Waals surface area contributed by atoms with E-state index in [1.807, 2.05) is 11.3 Å². The number of nitrogens with zero attached hydrogens (tertiary/aromatic N) is 1. The van der Waals surface area contributed by atoms with E-state index < -0.39 is 0 Å². The van der Waals surface area contributed by atoms with Crippen molar-refractivity contribution in [2.75, 3.05) is 13.1 Å². The Hall–Kier alpha value is -0.900. The lowest BCUT2D eigenvalue weighted by Crippen LogP contribution is -2.39. The second-order valence-electron chi connectivity index (χ2n) is 5.88. The van der Waals surface area contributed by atoms with Gasteiger partial charge >= 0.3 is 0 Å². The molecule has 108 valence electrons. The fourth-order valence-corrected chi connectivity index (χ4v) is 4.03. The van der Waals surface area contributed by atoms with Crippen LogP contribution >= 0.6 is 11.3 Å². The molecule has 0 radical (unpaired) electrons. The molecule has 0 saturated carbocycles. The number of nitrogens with one attached hydrogen (secondary N) is 1. The molecule has 1 aliphatic heterocycles. The predicted octanol–water partition coefficient (Wildman–Crippen LogP) is 3.86. The normalized spacial score (nSPS) is 24.9. The monoisotopic (exact) mass is 288 g/mol. The lowest BCUT2D eigenvalue weighted by atomic mass is 10.1. The standard InChI is InChI=1S/C17H24N2S/c1-3-15-11-19(13(2)8-9-18-15)10-14-12-20-17-7-5-4-6-16(14)17/h4-7,12-13,15,18H,3,8-11H2,1-2H3. The molecule has 2 atom stereocenters. The number of fused-ring (bicyclic) bond motifs is 1. The minimum Gasteiger partial charge on any atom is -0.313 e. The molecule has 0 aliphatic carbocycles. The summed E-state index contributed by atoms with van der Waals surface area (Å²) < 4.78 is 1.41. The largest absolute Gasteiger partial charge is 0.313 e. The van der Waals surface area contributed by atoms with E-state index in [9.17, 15) is 0 Å². The summed E-state index contributed by atoms with van der Waals surface area (Å²) in [5.74, 6) is 0. The van der Waals surface area contributed by atoms with Crippen molar-refractivity contribution in [2.45, 2.75) is 45.3 Å². The Morgan fingerprint density at radius 2 is 2.20 bits per heavy atom. The van der Waals surface area contributed by atoms with Crippen LogP contribution in [-0.4, -0.2) is 30.1 Å². The first kappa shape index (κ1) is 14.1. The molecule has 1 aromatic carbocycles. The minimum absolute atomic E-state index is 0.643. The fraction of sp³-hybridized carbons (Fsp3) is 0.529. The maximum atomic E-state index is 3.67. The van der Waals surface area contributed by atoms with Crippen LogP contribution in [0.2, 0.25) is 0 Å². The van der Waals surface area contributed by atoms with Gasteiger partial charge in [-0.15, -0.1) is 11.3 Å². The van der Waals surface area contributed by atoms with Crippen molar-refractivity contribution >= 4 is 21.4 Å². The second kappa shape index (κ2) is 6.25. The van der Waals surface area contributed by atoms with Gasteiger partial charge in [-0.25, -0.2) is 0 Å². The van der Waals surface area contributed by atoms with E-state index in [0.29, 0.717) is 12.1 Å². The molecule has 1 saturated heterocycles. The van der Waals surface area contributed by atoms with E-state index in [-0.39, 0.29) is 0 Å². The summed E-state index contributed by atoms with van der Waals surface area (Å²) in [6.07, 6.45) is 2.46. The van der Waals surface area contributed by atoms with Crippen molar-refractivity contribution in [3.63, 3.8) is 0 Å². The maximum absolute atomic E-state index is 3.67. The maximum Gasteiger partial charge on any atom is 0.0346 e. The molecule has 0 spiro atoms. The minimum atomic E-state index is 0.643. The molecule has 0 amide bonds. The SMILES string of the molecule is CCC1CN(Cc2csc3ccccc23)C(C)CCN1. The Morgan fingerprint density at radius 3 is 3.05 bits per heavy atom. The Bertz CT molecular complexity index is 563. The average molecular weight is 288 g/mol. The van der Waals surface area contributed by atoms with Crippen LogP contribution in [0.3, 0.4) is 0 Å². The van der Waals surface area contributed by atoms with E-state index in [2.05, 4.69) is 53.7 Å². The Kier molecular flexibility index (Phi) is 4.39. The van der Waals surface area contributed by atoms with Gasteiger partial charge in [-0.3, -0.25) is 4.90 Å². The van der Waals surface area contributed by atoms with Gasteiger partial charge in [0.2, 0.25) is 0 Å². The molecule has 2 heterocycles. The zero-order valence-corrected chi connectivity index (χ0v) is 13.2. The first-order valence-corrected chi connectivity index (χ1v) is 8.58. The third-order valence-corrected chi connectivity index (χ3v) is 5.51. The molecular formula is C17H24N2S. The summed E-state index contributed by atoms with van der Waals surface area (Å²) in [4.78, 5) is 2.66. The van der Waals surface area contributed by atoms with Crippen LogP contribution in [-0.2, 0) is 6.54 Å². The highest BCUT2D eigenvalue weighted by Gasteiger charge is 2.22. The average Bonchev–Trinajstić information content (AvgIpc) is 2.79. The molecule has 1 aromatic heterocycles. The third-order valence-electron chi connectivity index (χ3n) is 4.50. The fourth-order valence-electron chi connectivity index (χ4n) is 3.07. The van der Waals surface area contributed by atoms with E-state index in [0.717, 1.165) is 13.1 Å². The Morgan fingerprint density at radius 1 is 1.35 bits per heavy atom. The summed E-state index contributed by atoms with van der Waals surface area (Å²) in [6.45, 7) is 8.06. The summed E-state index contributed by atoms with van der Waals surface area (Å²) in [5, 5.41) is 7.45. The molecule has 2 unspecified atom stereocenters. The van der Waals surface area contributed by atoms with Gasteiger partial charge in [-0.05, 0) is 48.7 Å². The Labute approximate surface area is 125 Å². The smallest absolute Gasteiger partial charge is 0.0346 e. The molecule has 1 N–H and O–H groups in total. The number of thiophene rings is 1. The molecule has 20 heavy (non-hydrogen) atoms. The summed E-state index contributed by atoms with van der Waals surface area (Å²) in [5.41, 5.74) is 1.49. The summed E-state index contributed by atoms with van der Waals surface area (Å²) in [6, 6.07) is 10.1. The van der Waals surface area contributed by atoms with Gasteiger partial charge in [0.05, 0.1) is 0 Å². The topological polar surface area (TPSA) is 15.3 Å². The molecule has 0 bridgehead atoms. The third kappa shape index (κ3) is 2.90. The van der Waals surface area contributed by atoms with Crippen molar-refractivity contribution in [3.8, 4) is 0 Å². The lowest BCUT2D eigenvalue weighted by Gasteiger charge is -2.28. The molecule has 1 fully saturated rings. The molecule has 3 rings (SSSR count). The highest BCUT2D eigenvalue weighted by Crippen LogP contribution is 2.27. The van der Waals surface area contributed by atoms with Crippen molar-refractivity contribution in [3.05, 3.63) is 35.2 Å². The van der Waals surface area contributed by atoms with Gasteiger partial charge < -0.3 is 5.32 Å². The molecule has 2 nitrogen and oxygen atoms in total. The van der Waals surface area contributed by atoms with Crippen LogP contribution in [0, 0.1) is 0 Å². The quantitative estimate of drug-likeness (QED) is 0.922. The first-order chi connectivity index (χ1) is 9.78. The highest BCUT2D eigenvalue weighted by atomic mass is 32.1. The van der Waals surface area contributed by atoms with Gasteiger partial charge in [-0.1, -0.05) is 25.1 Å².